The van der Waals surface area contributed by atoms with Crippen LogP contribution in [-0.4, -0.2) is 16.1 Å². The van der Waals surface area contributed by atoms with Crippen LogP contribution < -0.4 is 9.47 Å². The fourth-order valence-corrected chi connectivity index (χ4v) is 2.48. The molecular weight excluding hydrogens is 360 g/mol. The summed E-state index contributed by atoms with van der Waals surface area (Å²) in [6.07, 6.45) is -0.476. The van der Waals surface area contributed by atoms with Crippen molar-refractivity contribution < 1.29 is 18.3 Å². The Morgan fingerprint density at radius 3 is 2.77 bits per heavy atom. The van der Waals surface area contributed by atoms with Crippen LogP contribution in [0, 0.1) is 11.3 Å². The fraction of sp³-hybridized carbons (Fsp3) is 0.143. The SMILES string of the molecule is Cn1ncc(Br)c1/C=C(\C#N)c1ccc2c(c1)OC(F)(F)O2. The predicted octanol–water partition coefficient (Wildman–Crippen LogP) is 3.57. The summed E-state index contributed by atoms with van der Waals surface area (Å²) in [5.41, 5.74) is 1.40. The molecule has 112 valence electrons. The van der Waals surface area contributed by atoms with Crippen LogP contribution in [0.1, 0.15) is 11.3 Å². The van der Waals surface area contributed by atoms with Crippen molar-refractivity contribution in [3.8, 4) is 17.6 Å². The largest absolute Gasteiger partial charge is 0.586 e. The molecule has 1 aliphatic heterocycles. The van der Waals surface area contributed by atoms with E-state index < -0.39 is 6.29 Å². The molecule has 1 aromatic heterocycles. The van der Waals surface area contributed by atoms with Crippen molar-refractivity contribution in [2.75, 3.05) is 0 Å². The van der Waals surface area contributed by atoms with Crippen LogP contribution in [0.5, 0.6) is 11.5 Å². The molecule has 0 radical (unpaired) electrons. The third-order valence-electron chi connectivity index (χ3n) is 3.05. The van der Waals surface area contributed by atoms with Crippen LogP contribution in [0.4, 0.5) is 8.78 Å². The molecule has 1 aromatic carbocycles. The van der Waals surface area contributed by atoms with Gasteiger partial charge < -0.3 is 9.47 Å². The van der Waals surface area contributed by atoms with Gasteiger partial charge in [-0.25, -0.2) is 0 Å². The third-order valence-corrected chi connectivity index (χ3v) is 3.66. The molecular formula is C14H8BrF2N3O2. The number of aryl methyl sites for hydroxylation is 1. The number of nitrogens with zero attached hydrogens (tertiary/aromatic N) is 3. The highest BCUT2D eigenvalue weighted by Gasteiger charge is 2.43. The van der Waals surface area contributed by atoms with Crippen LogP contribution in [0.15, 0.2) is 28.9 Å². The van der Waals surface area contributed by atoms with E-state index in [0.717, 1.165) is 4.47 Å². The first-order valence-corrected chi connectivity index (χ1v) is 6.88. The number of aromatic nitrogens is 2. The highest BCUT2D eigenvalue weighted by atomic mass is 79.9. The Morgan fingerprint density at radius 2 is 2.14 bits per heavy atom. The Labute approximate surface area is 132 Å². The molecule has 0 aliphatic carbocycles. The van der Waals surface area contributed by atoms with Crippen molar-refractivity contribution in [2.24, 2.45) is 7.05 Å². The second kappa shape index (κ2) is 5.10. The van der Waals surface area contributed by atoms with Crippen molar-refractivity contribution in [3.05, 3.63) is 40.1 Å². The number of ether oxygens (including phenoxy) is 2. The lowest BCUT2D eigenvalue weighted by Crippen LogP contribution is -2.25. The molecule has 8 heteroatoms. The minimum absolute atomic E-state index is 0.0623. The van der Waals surface area contributed by atoms with Gasteiger partial charge in [0, 0.05) is 7.05 Å². The molecule has 0 saturated heterocycles. The van der Waals surface area contributed by atoms with Crippen molar-refractivity contribution in [3.63, 3.8) is 0 Å². The van der Waals surface area contributed by atoms with E-state index in [4.69, 9.17) is 0 Å². The van der Waals surface area contributed by atoms with Crippen molar-refractivity contribution >= 4 is 27.6 Å². The quantitative estimate of drug-likeness (QED) is 0.761. The highest BCUT2D eigenvalue weighted by molar-refractivity contribution is 9.10. The molecule has 0 N–H and O–H groups in total. The molecule has 0 amide bonds. The van der Waals surface area contributed by atoms with Gasteiger partial charge in [-0.15, -0.1) is 8.78 Å². The average molecular weight is 368 g/mol. The molecule has 3 rings (SSSR count). The lowest BCUT2D eigenvalue weighted by Gasteiger charge is -2.04. The van der Waals surface area contributed by atoms with Gasteiger partial charge in [-0.3, -0.25) is 4.68 Å². The van der Waals surface area contributed by atoms with Crippen molar-refractivity contribution in [1.29, 1.82) is 5.26 Å². The van der Waals surface area contributed by atoms with Crippen LogP contribution in [0.3, 0.4) is 0 Å². The number of halogens is 3. The first-order valence-electron chi connectivity index (χ1n) is 6.09. The van der Waals surface area contributed by atoms with Crippen LogP contribution in [-0.2, 0) is 7.05 Å². The molecule has 2 heterocycles. The Hall–Kier alpha value is -2.40. The van der Waals surface area contributed by atoms with Crippen LogP contribution in [0.2, 0.25) is 0 Å². The molecule has 1 aliphatic rings. The van der Waals surface area contributed by atoms with Crippen LogP contribution in [0.25, 0.3) is 11.6 Å². The van der Waals surface area contributed by atoms with Gasteiger partial charge in [-0.1, -0.05) is 0 Å². The van der Waals surface area contributed by atoms with Gasteiger partial charge in [0.2, 0.25) is 0 Å². The summed E-state index contributed by atoms with van der Waals surface area (Å²) in [6.45, 7) is 0. The van der Waals surface area contributed by atoms with E-state index in [1.807, 2.05) is 6.07 Å². The minimum Gasteiger partial charge on any atom is -0.395 e. The van der Waals surface area contributed by atoms with Gasteiger partial charge in [-0.05, 0) is 45.8 Å². The molecule has 0 fully saturated rings. The number of nitriles is 1. The number of hydrogen-bond acceptors (Lipinski definition) is 4. The second-order valence-electron chi connectivity index (χ2n) is 4.50. The lowest BCUT2D eigenvalue weighted by molar-refractivity contribution is -0.286. The molecule has 0 atom stereocenters. The van der Waals surface area contributed by atoms with E-state index >= 15 is 0 Å². The summed E-state index contributed by atoms with van der Waals surface area (Å²) in [7, 11) is 1.73. The maximum Gasteiger partial charge on any atom is 0.586 e. The molecule has 0 saturated carbocycles. The zero-order chi connectivity index (χ0) is 15.9. The van der Waals surface area contributed by atoms with Crippen molar-refractivity contribution in [2.45, 2.75) is 6.29 Å². The summed E-state index contributed by atoms with van der Waals surface area (Å²) < 4.78 is 37.1. The van der Waals surface area contributed by atoms with E-state index in [9.17, 15) is 14.0 Å². The Morgan fingerprint density at radius 1 is 1.41 bits per heavy atom. The maximum atomic E-state index is 13.0. The third kappa shape index (κ3) is 2.55. The van der Waals surface area contributed by atoms with Gasteiger partial charge in [0.1, 0.15) is 0 Å². The standard InChI is InChI=1S/C14H8BrF2N3O2/c1-20-11(10(15)7-19-20)4-9(6-18)8-2-3-12-13(5-8)22-14(16,17)21-12/h2-5,7H,1H3/b9-4+. The average Bonchev–Trinajstić information content (AvgIpc) is 2.94. The molecule has 0 unspecified atom stereocenters. The smallest absolute Gasteiger partial charge is 0.395 e. The summed E-state index contributed by atoms with van der Waals surface area (Å²) in [6, 6.07) is 6.24. The van der Waals surface area contributed by atoms with Gasteiger partial charge >= 0.3 is 6.29 Å². The van der Waals surface area contributed by atoms with E-state index in [1.165, 1.54) is 18.2 Å². The van der Waals surface area contributed by atoms with Gasteiger partial charge in [0.05, 0.1) is 28.0 Å². The second-order valence-corrected chi connectivity index (χ2v) is 5.35. The Balaban J connectivity index is 2.02. The van der Waals surface area contributed by atoms with Gasteiger partial charge in [0.15, 0.2) is 11.5 Å². The number of fused-ring (bicyclic) bond motifs is 1. The summed E-state index contributed by atoms with van der Waals surface area (Å²) in [5, 5.41) is 13.4. The monoisotopic (exact) mass is 367 g/mol. The number of rotatable bonds is 2. The summed E-state index contributed by atoms with van der Waals surface area (Å²) in [5.74, 6) is -0.166. The highest BCUT2D eigenvalue weighted by Crippen LogP contribution is 2.42. The molecule has 2 aromatic rings. The minimum atomic E-state index is -3.68. The zero-order valence-electron chi connectivity index (χ0n) is 11.2. The molecule has 0 bridgehead atoms. The first-order chi connectivity index (χ1) is 10.4. The van der Waals surface area contributed by atoms with Gasteiger partial charge in [-0.2, -0.15) is 10.4 Å². The summed E-state index contributed by atoms with van der Waals surface area (Å²) >= 11 is 3.33. The van der Waals surface area contributed by atoms with Gasteiger partial charge in [0.25, 0.3) is 0 Å². The van der Waals surface area contributed by atoms with Crippen molar-refractivity contribution in [1.82, 2.24) is 9.78 Å². The Kier molecular flexibility index (Phi) is 3.37. The maximum absolute atomic E-state index is 13.0. The number of benzene rings is 1. The summed E-state index contributed by atoms with van der Waals surface area (Å²) in [4.78, 5) is 0. The topological polar surface area (TPSA) is 60.1 Å². The molecule has 22 heavy (non-hydrogen) atoms. The van der Waals surface area contributed by atoms with E-state index in [0.29, 0.717) is 11.3 Å². The van der Waals surface area contributed by atoms with Crippen LogP contribution >= 0.6 is 15.9 Å². The molecule has 0 spiro atoms. The number of alkyl halides is 2. The lowest BCUT2D eigenvalue weighted by atomic mass is 10.1. The normalized spacial score (nSPS) is 15.7. The number of hydrogen-bond donors (Lipinski definition) is 0. The Bertz CT molecular complexity index is 804. The first kappa shape index (κ1) is 14.5. The zero-order valence-corrected chi connectivity index (χ0v) is 12.8. The number of allylic oxidation sites excluding steroid dienone is 1. The fourth-order valence-electron chi connectivity index (χ4n) is 2.02. The predicted molar refractivity (Wildman–Crippen MR) is 77.0 cm³/mol. The molecule has 5 nitrogen and oxygen atoms in total. The van der Waals surface area contributed by atoms with E-state index in [-0.39, 0.29) is 17.1 Å². The van der Waals surface area contributed by atoms with E-state index in [2.05, 4.69) is 30.5 Å². The van der Waals surface area contributed by atoms with E-state index in [1.54, 1.807) is 24.0 Å².